The zero-order chi connectivity index (χ0) is 17.6. The van der Waals surface area contributed by atoms with E-state index >= 15 is 0 Å². The summed E-state index contributed by atoms with van der Waals surface area (Å²) in [5.41, 5.74) is 4.23. The fourth-order valence-electron chi connectivity index (χ4n) is 3.08. The lowest BCUT2D eigenvalue weighted by Gasteiger charge is -2.30. The summed E-state index contributed by atoms with van der Waals surface area (Å²) in [6.45, 7) is 4.40. The van der Waals surface area contributed by atoms with Gasteiger partial charge in [-0.05, 0) is 36.6 Å². The summed E-state index contributed by atoms with van der Waals surface area (Å²) in [5.74, 6) is 0. The highest BCUT2D eigenvalue weighted by atomic mass is 16.3. The maximum Gasteiger partial charge on any atom is 0.319 e. The summed E-state index contributed by atoms with van der Waals surface area (Å²) in [6.07, 6.45) is 2.04. The number of aliphatic hydroxyl groups excluding tert-OH is 1. The molecule has 0 aliphatic carbocycles. The van der Waals surface area contributed by atoms with Crippen molar-refractivity contribution in [2.45, 2.75) is 26.0 Å². The van der Waals surface area contributed by atoms with Crippen molar-refractivity contribution < 1.29 is 9.90 Å². The molecule has 2 aromatic rings. The van der Waals surface area contributed by atoms with Gasteiger partial charge in [-0.1, -0.05) is 24.3 Å². The van der Waals surface area contributed by atoms with Gasteiger partial charge in [0.2, 0.25) is 0 Å². The van der Waals surface area contributed by atoms with Gasteiger partial charge in [0.1, 0.15) is 0 Å². The van der Waals surface area contributed by atoms with Crippen LogP contribution in [0.2, 0.25) is 0 Å². The fraction of sp³-hybridized carbons (Fsp3) is 0.368. The molecule has 0 saturated heterocycles. The van der Waals surface area contributed by atoms with Crippen LogP contribution in [0.5, 0.6) is 0 Å². The molecular formula is C19H24N4O2. The number of carbonyl (C=O) groups excluding carboxylic acids is 1. The summed E-state index contributed by atoms with van der Waals surface area (Å²) in [6, 6.07) is 11.6. The first kappa shape index (κ1) is 17.4. The average Bonchev–Trinajstić information content (AvgIpc) is 2.60. The molecule has 6 nitrogen and oxygen atoms in total. The number of nitrogens with zero attached hydrogens (tertiary/aromatic N) is 2. The van der Waals surface area contributed by atoms with Crippen LogP contribution in [0.4, 0.5) is 10.5 Å². The summed E-state index contributed by atoms with van der Waals surface area (Å²) in [7, 11) is 0. The van der Waals surface area contributed by atoms with E-state index < -0.39 is 6.10 Å². The number of nitrogens with one attached hydrogen (secondary N) is 2. The zero-order valence-electron chi connectivity index (χ0n) is 14.4. The Bertz CT molecular complexity index is 735. The van der Waals surface area contributed by atoms with E-state index in [1.165, 1.54) is 11.1 Å². The number of benzene rings is 1. The van der Waals surface area contributed by atoms with E-state index in [9.17, 15) is 9.90 Å². The summed E-state index contributed by atoms with van der Waals surface area (Å²) < 4.78 is 0. The molecule has 0 saturated carbocycles. The van der Waals surface area contributed by atoms with E-state index in [-0.39, 0.29) is 12.6 Å². The number of anilines is 1. The van der Waals surface area contributed by atoms with Gasteiger partial charge in [0.05, 0.1) is 6.10 Å². The van der Waals surface area contributed by atoms with Gasteiger partial charge in [-0.15, -0.1) is 0 Å². The number of aryl methyl sites for hydroxylation is 1. The SMILES string of the molecule is Cc1cc(NC(=O)NC[C@H](O)CN2CCc3ccccc3C2)ccn1. The highest BCUT2D eigenvalue weighted by molar-refractivity contribution is 5.89. The van der Waals surface area contributed by atoms with Gasteiger partial charge in [0.25, 0.3) is 0 Å². The van der Waals surface area contributed by atoms with E-state index in [0.29, 0.717) is 12.2 Å². The number of aromatic nitrogens is 1. The molecule has 6 heteroatoms. The third-order valence-electron chi connectivity index (χ3n) is 4.33. The molecule has 2 amide bonds. The normalized spacial score (nSPS) is 15.3. The number of fused-ring (bicyclic) bond motifs is 1. The first-order valence-corrected chi connectivity index (χ1v) is 8.55. The number of aliphatic hydroxyl groups is 1. The van der Waals surface area contributed by atoms with Crippen molar-refractivity contribution in [2.24, 2.45) is 0 Å². The molecule has 0 fully saturated rings. The molecule has 3 N–H and O–H groups in total. The predicted octanol–water partition coefficient (Wildman–Crippen LogP) is 1.93. The maximum atomic E-state index is 11.9. The third-order valence-corrected chi connectivity index (χ3v) is 4.33. The second-order valence-corrected chi connectivity index (χ2v) is 6.43. The largest absolute Gasteiger partial charge is 0.390 e. The monoisotopic (exact) mass is 340 g/mol. The second-order valence-electron chi connectivity index (χ2n) is 6.43. The molecule has 2 heterocycles. The molecule has 1 atom stereocenters. The molecule has 0 bridgehead atoms. The number of hydrogen-bond acceptors (Lipinski definition) is 4. The minimum atomic E-state index is -0.602. The Hall–Kier alpha value is -2.44. The molecule has 1 aromatic carbocycles. The molecule has 0 unspecified atom stereocenters. The van der Waals surface area contributed by atoms with Gasteiger partial charge in [-0.3, -0.25) is 9.88 Å². The standard InChI is InChI=1S/C19H24N4O2/c1-14-10-17(6-8-20-14)22-19(25)21-11-18(24)13-23-9-7-15-4-2-3-5-16(15)12-23/h2-6,8,10,18,24H,7,9,11-13H2,1H3,(H2,20,21,22,25)/t18-/m0/s1. The molecular weight excluding hydrogens is 316 g/mol. The van der Waals surface area contributed by atoms with Crippen molar-refractivity contribution in [1.29, 1.82) is 0 Å². The van der Waals surface area contributed by atoms with Crippen molar-refractivity contribution in [1.82, 2.24) is 15.2 Å². The van der Waals surface area contributed by atoms with Gasteiger partial charge < -0.3 is 15.7 Å². The topological polar surface area (TPSA) is 77.5 Å². The van der Waals surface area contributed by atoms with Gasteiger partial charge in [-0.25, -0.2) is 4.79 Å². The first-order valence-electron chi connectivity index (χ1n) is 8.55. The highest BCUT2D eigenvalue weighted by Gasteiger charge is 2.18. The van der Waals surface area contributed by atoms with Crippen molar-refractivity contribution in [2.75, 3.05) is 25.0 Å². The number of pyridine rings is 1. The Labute approximate surface area is 147 Å². The zero-order valence-corrected chi connectivity index (χ0v) is 14.4. The molecule has 25 heavy (non-hydrogen) atoms. The van der Waals surface area contributed by atoms with E-state index in [4.69, 9.17) is 0 Å². The van der Waals surface area contributed by atoms with Gasteiger partial charge in [0, 0.05) is 43.8 Å². The Kier molecular flexibility index (Phi) is 5.63. The quantitative estimate of drug-likeness (QED) is 0.777. The van der Waals surface area contributed by atoms with E-state index in [0.717, 1.165) is 25.2 Å². The van der Waals surface area contributed by atoms with Crippen LogP contribution >= 0.6 is 0 Å². The summed E-state index contributed by atoms with van der Waals surface area (Å²) >= 11 is 0. The molecule has 0 spiro atoms. The minimum absolute atomic E-state index is 0.216. The van der Waals surface area contributed by atoms with Gasteiger partial charge in [0.15, 0.2) is 0 Å². The lowest BCUT2D eigenvalue weighted by molar-refractivity contribution is 0.106. The number of carbonyl (C=O) groups is 1. The lowest BCUT2D eigenvalue weighted by Crippen LogP contribution is -2.42. The van der Waals surface area contributed by atoms with Crippen LogP contribution in [0.1, 0.15) is 16.8 Å². The lowest BCUT2D eigenvalue weighted by atomic mass is 10.00. The van der Waals surface area contributed by atoms with Gasteiger partial charge in [-0.2, -0.15) is 0 Å². The molecule has 1 aromatic heterocycles. The Morgan fingerprint density at radius 2 is 2.12 bits per heavy atom. The molecule has 1 aliphatic rings. The van der Waals surface area contributed by atoms with Crippen LogP contribution in [-0.2, 0) is 13.0 Å². The number of urea groups is 1. The van der Waals surface area contributed by atoms with Crippen molar-refractivity contribution in [3.05, 3.63) is 59.4 Å². The van der Waals surface area contributed by atoms with Crippen LogP contribution in [0.15, 0.2) is 42.6 Å². The second kappa shape index (κ2) is 8.09. The van der Waals surface area contributed by atoms with Crippen LogP contribution in [0.25, 0.3) is 0 Å². The first-order chi connectivity index (χ1) is 12.1. The highest BCUT2D eigenvalue weighted by Crippen LogP contribution is 2.18. The number of rotatable bonds is 5. The molecule has 3 rings (SSSR count). The predicted molar refractivity (Wildman–Crippen MR) is 97.4 cm³/mol. The smallest absolute Gasteiger partial charge is 0.319 e. The Balaban J connectivity index is 1.42. The van der Waals surface area contributed by atoms with Crippen molar-refractivity contribution >= 4 is 11.7 Å². The molecule has 132 valence electrons. The Morgan fingerprint density at radius 3 is 2.92 bits per heavy atom. The third kappa shape index (κ3) is 5.01. The van der Waals surface area contributed by atoms with Crippen LogP contribution < -0.4 is 10.6 Å². The van der Waals surface area contributed by atoms with Crippen LogP contribution in [-0.4, -0.2) is 46.8 Å². The van der Waals surface area contributed by atoms with Crippen molar-refractivity contribution in [3.8, 4) is 0 Å². The van der Waals surface area contributed by atoms with E-state index in [2.05, 4.69) is 38.7 Å². The molecule has 0 radical (unpaired) electrons. The van der Waals surface area contributed by atoms with Gasteiger partial charge >= 0.3 is 6.03 Å². The number of β-amino-alcohol motifs (C(OH)–C–C–N with tert-alkyl or cyclic N) is 1. The van der Waals surface area contributed by atoms with Crippen LogP contribution in [0.3, 0.4) is 0 Å². The summed E-state index contributed by atoms with van der Waals surface area (Å²) in [4.78, 5) is 18.2. The number of amides is 2. The summed E-state index contributed by atoms with van der Waals surface area (Å²) in [5, 5.41) is 15.7. The minimum Gasteiger partial charge on any atom is -0.390 e. The van der Waals surface area contributed by atoms with E-state index in [1.54, 1.807) is 18.3 Å². The van der Waals surface area contributed by atoms with Crippen LogP contribution in [0, 0.1) is 6.92 Å². The average molecular weight is 340 g/mol. The maximum absolute atomic E-state index is 11.9. The number of hydrogen-bond donors (Lipinski definition) is 3. The van der Waals surface area contributed by atoms with E-state index in [1.807, 2.05) is 13.0 Å². The fourth-order valence-corrected chi connectivity index (χ4v) is 3.08. The van der Waals surface area contributed by atoms with Crippen molar-refractivity contribution in [3.63, 3.8) is 0 Å². The molecule has 1 aliphatic heterocycles. The Morgan fingerprint density at radius 1 is 1.32 bits per heavy atom.